The van der Waals surface area contributed by atoms with E-state index in [1.165, 1.54) is 5.56 Å². The first kappa shape index (κ1) is 8.54. The highest BCUT2D eigenvalue weighted by atomic mass is 79.9. The summed E-state index contributed by atoms with van der Waals surface area (Å²) in [6.07, 6.45) is 5.37. The number of allylic oxidation sites excluding steroid dienone is 1. The van der Waals surface area contributed by atoms with Crippen molar-refractivity contribution in [2.24, 2.45) is 0 Å². The van der Waals surface area contributed by atoms with Gasteiger partial charge in [0.25, 0.3) is 0 Å². The third-order valence-corrected chi connectivity index (χ3v) is 1.89. The predicted octanol–water partition coefficient (Wildman–Crippen LogP) is 3.87. The first-order chi connectivity index (χ1) is 5.33. The van der Waals surface area contributed by atoms with E-state index in [2.05, 4.69) is 47.1 Å². The van der Waals surface area contributed by atoms with Crippen molar-refractivity contribution in [3.05, 3.63) is 40.4 Å². The fourth-order valence-electron chi connectivity index (χ4n) is 0.864. The molecule has 11 heavy (non-hydrogen) atoms. The molecule has 1 aromatic carbocycles. The standard InChI is InChI=1S/C10H11Br/c1-2-3-5-9-6-4-7-10(11)8-9/h3-8H,2H2,1H3/b5-3+. The molecular weight excluding hydrogens is 200 g/mol. The summed E-state index contributed by atoms with van der Waals surface area (Å²) in [4.78, 5) is 0. The van der Waals surface area contributed by atoms with Crippen LogP contribution in [0.4, 0.5) is 0 Å². The lowest BCUT2D eigenvalue weighted by Gasteiger charge is -1.92. The molecule has 1 heteroatoms. The Bertz CT molecular complexity index is 251. The van der Waals surface area contributed by atoms with Gasteiger partial charge < -0.3 is 0 Å². The fraction of sp³-hybridized carbons (Fsp3) is 0.200. The topological polar surface area (TPSA) is 0 Å². The zero-order valence-corrected chi connectivity index (χ0v) is 8.14. The van der Waals surface area contributed by atoms with E-state index >= 15 is 0 Å². The van der Waals surface area contributed by atoms with Gasteiger partial charge in [-0.05, 0) is 24.1 Å². The van der Waals surface area contributed by atoms with Crippen LogP contribution in [0.3, 0.4) is 0 Å². The molecule has 0 aliphatic heterocycles. The number of halogens is 1. The smallest absolute Gasteiger partial charge is 0.0181 e. The maximum atomic E-state index is 3.42. The summed E-state index contributed by atoms with van der Waals surface area (Å²) in [5.74, 6) is 0. The van der Waals surface area contributed by atoms with Crippen molar-refractivity contribution >= 4 is 22.0 Å². The molecule has 0 atom stereocenters. The second-order valence-electron chi connectivity index (χ2n) is 2.37. The highest BCUT2D eigenvalue weighted by Gasteiger charge is 1.86. The summed E-state index contributed by atoms with van der Waals surface area (Å²) in [6.45, 7) is 2.13. The molecule has 0 heterocycles. The normalized spacial score (nSPS) is 10.7. The van der Waals surface area contributed by atoms with Gasteiger partial charge >= 0.3 is 0 Å². The van der Waals surface area contributed by atoms with Crippen molar-refractivity contribution in [1.82, 2.24) is 0 Å². The minimum atomic E-state index is 1.09. The molecule has 0 spiro atoms. The number of hydrogen-bond acceptors (Lipinski definition) is 0. The summed E-state index contributed by atoms with van der Waals surface area (Å²) < 4.78 is 1.13. The maximum absolute atomic E-state index is 3.42. The largest absolute Gasteiger partial charge is 0.0842 e. The van der Waals surface area contributed by atoms with Gasteiger partial charge in [0.2, 0.25) is 0 Å². The third-order valence-electron chi connectivity index (χ3n) is 1.39. The third kappa shape index (κ3) is 2.89. The molecule has 0 bridgehead atoms. The van der Waals surface area contributed by atoms with Crippen LogP contribution in [0.1, 0.15) is 18.9 Å². The average molecular weight is 211 g/mol. The second-order valence-corrected chi connectivity index (χ2v) is 3.28. The molecule has 1 rings (SSSR count). The Kier molecular flexibility index (Phi) is 3.37. The van der Waals surface area contributed by atoms with E-state index in [4.69, 9.17) is 0 Å². The van der Waals surface area contributed by atoms with Gasteiger partial charge in [-0.25, -0.2) is 0 Å². The summed E-state index contributed by atoms with van der Waals surface area (Å²) >= 11 is 3.42. The second kappa shape index (κ2) is 4.35. The number of benzene rings is 1. The summed E-state index contributed by atoms with van der Waals surface area (Å²) in [5.41, 5.74) is 1.25. The van der Waals surface area contributed by atoms with Crippen molar-refractivity contribution in [3.8, 4) is 0 Å². The van der Waals surface area contributed by atoms with E-state index in [9.17, 15) is 0 Å². The van der Waals surface area contributed by atoms with Crippen LogP contribution in [0.5, 0.6) is 0 Å². The average Bonchev–Trinajstić information content (AvgIpc) is 2.01. The molecule has 0 nitrogen and oxygen atoms in total. The van der Waals surface area contributed by atoms with Crippen molar-refractivity contribution in [1.29, 1.82) is 0 Å². The highest BCUT2D eigenvalue weighted by Crippen LogP contribution is 2.12. The van der Waals surface area contributed by atoms with Crippen molar-refractivity contribution in [2.45, 2.75) is 13.3 Å². The van der Waals surface area contributed by atoms with Crippen LogP contribution in [-0.4, -0.2) is 0 Å². The van der Waals surface area contributed by atoms with Crippen molar-refractivity contribution in [2.75, 3.05) is 0 Å². The molecule has 0 saturated carbocycles. The first-order valence-electron chi connectivity index (χ1n) is 3.75. The minimum absolute atomic E-state index is 1.09. The molecule has 0 saturated heterocycles. The van der Waals surface area contributed by atoms with Gasteiger partial charge in [-0.3, -0.25) is 0 Å². The van der Waals surface area contributed by atoms with Gasteiger partial charge in [-0.1, -0.05) is 47.1 Å². The molecule has 58 valence electrons. The van der Waals surface area contributed by atoms with Gasteiger partial charge in [-0.15, -0.1) is 0 Å². The van der Waals surface area contributed by atoms with Crippen LogP contribution in [0, 0.1) is 0 Å². The Morgan fingerprint density at radius 1 is 1.45 bits per heavy atom. The zero-order chi connectivity index (χ0) is 8.10. The van der Waals surface area contributed by atoms with E-state index < -0.39 is 0 Å². The summed E-state index contributed by atoms with van der Waals surface area (Å²) in [6, 6.07) is 8.27. The van der Waals surface area contributed by atoms with Crippen LogP contribution in [-0.2, 0) is 0 Å². The van der Waals surface area contributed by atoms with Crippen LogP contribution in [0.15, 0.2) is 34.8 Å². The SMILES string of the molecule is CC/C=C/c1cccc(Br)c1. The molecule has 0 radical (unpaired) electrons. The Morgan fingerprint density at radius 3 is 2.91 bits per heavy atom. The van der Waals surface area contributed by atoms with Gasteiger partial charge in [0.05, 0.1) is 0 Å². The number of rotatable bonds is 2. The molecule has 0 aromatic heterocycles. The van der Waals surface area contributed by atoms with Gasteiger partial charge in [0, 0.05) is 4.47 Å². The maximum Gasteiger partial charge on any atom is 0.0181 e. The van der Waals surface area contributed by atoms with Crippen LogP contribution in [0.25, 0.3) is 6.08 Å². The quantitative estimate of drug-likeness (QED) is 0.696. The first-order valence-corrected chi connectivity index (χ1v) is 4.54. The Morgan fingerprint density at radius 2 is 2.27 bits per heavy atom. The summed E-state index contributed by atoms with van der Waals surface area (Å²) in [5, 5.41) is 0. The molecule has 0 N–H and O–H groups in total. The number of hydrogen-bond donors (Lipinski definition) is 0. The molecule has 0 amide bonds. The Hall–Kier alpha value is -0.560. The molecule has 1 aromatic rings. The van der Waals surface area contributed by atoms with E-state index in [1.807, 2.05) is 12.1 Å². The zero-order valence-electron chi connectivity index (χ0n) is 6.55. The highest BCUT2D eigenvalue weighted by molar-refractivity contribution is 9.10. The van der Waals surface area contributed by atoms with E-state index in [1.54, 1.807) is 0 Å². The van der Waals surface area contributed by atoms with E-state index in [-0.39, 0.29) is 0 Å². The molecule has 0 unspecified atom stereocenters. The Labute approximate surface area is 76.1 Å². The van der Waals surface area contributed by atoms with Crippen molar-refractivity contribution in [3.63, 3.8) is 0 Å². The van der Waals surface area contributed by atoms with Gasteiger partial charge in [0.1, 0.15) is 0 Å². The lowest BCUT2D eigenvalue weighted by Crippen LogP contribution is -1.70. The minimum Gasteiger partial charge on any atom is -0.0842 e. The lowest BCUT2D eigenvalue weighted by molar-refractivity contribution is 1.23. The fourth-order valence-corrected chi connectivity index (χ4v) is 1.28. The van der Waals surface area contributed by atoms with E-state index in [0.29, 0.717) is 0 Å². The summed E-state index contributed by atoms with van der Waals surface area (Å²) in [7, 11) is 0. The Balaban J connectivity index is 2.79. The molecule has 0 fully saturated rings. The lowest BCUT2D eigenvalue weighted by atomic mass is 10.2. The van der Waals surface area contributed by atoms with Crippen LogP contribution >= 0.6 is 15.9 Å². The van der Waals surface area contributed by atoms with Crippen LogP contribution < -0.4 is 0 Å². The molecular formula is C10H11Br. The van der Waals surface area contributed by atoms with Gasteiger partial charge in [-0.2, -0.15) is 0 Å². The monoisotopic (exact) mass is 210 g/mol. The van der Waals surface area contributed by atoms with E-state index in [0.717, 1.165) is 10.9 Å². The van der Waals surface area contributed by atoms with Crippen LogP contribution in [0.2, 0.25) is 0 Å². The molecule has 0 aliphatic carbocycles. The van der Waals surface area contributed by atoms with Gasteiger partial charge in [0.15, 0.2) is 0 Å². The predicted molar refractivity (Wildman–Crippen MR) is 53.5 cm³/mol. The van der Waals surface area contributed by atoms with Crippen molar-refractivity contribution < 1.29 is 0 Å². The molecule has 0 aliphatic rings.